The van der Waals surface area contributed by atoms with Gasteiger partial charge in [-0.1, -0.05) is 30.3 Å². The molecule has 1 saturated carbocycles. The van der Waals surface area contributed by atoms with E-state index in [-0.39, 0.29) is 11.5 Å². The molecule has 30 heavy (non-hydrogen) atoms. The monoisotopic (exact) mass is 404 g/mol. The fourth-order valence-corrected chi connectivity index (χ4v) is 4.28. The molecule has 1 unspecified atom stereocenters. The van der Waals surface area contributed by atoms with Crippen molar-refractivity contribution < 1.29 is 9.18 Å². The van der Waals surface area contributed by atoms with Gasteiger partial charge in [-0.05, 0) is 43.4 Å². The largest absolute Gasteiger partial charge is 0.335 e. The van der Waals surface area contributed by atoms with Crippen LogP contribution in [0.25, 0.3) is 10.8 Å². The third kappa shape index (κ3) is 3.79. The molecule has 2 heterocycles. The lowest BCUT2D eigenvalue weighted by molar-refractivity contribution is 0.0546. The van der Waals surface area contributed by atoms with Crippen LogP contribution >= 0.6 is 0 Å². The highest BCUT2D eigenvalue weighted by molar-refractivity contribution is 5.95. The third-order valence-electron chi connectivity index (χ3n) is 6.28. The molecule has 1 saturated heterocycles. The molecular formula is C24H25FN4O. The van der Waals surface area contributed by atoms with Crippen LogP contribution in [0.5, 0.6) is 0 Å². The van der Waals surface area contributed by atoms with Crippen LogP contribution in [0, 0.1) is 11.7 Å². The van der Waals surface area contributed by atoms with Gasteiger partial charge >= 0.3 is 0 Å². The summed E-state index contributed by atoms with van der Waals surface area (Å²) in [7, 11) is 0. The van der Waals surface area contributed by atoms with E-state index in [1.54, 1.807) is 23.2 Å². The standard InChI is InChI=1S/C24H25FN4O/c1-15(17-7-8-17)27-19-13-29(14-19)24(30)21-10-16(6-9-22(21)25)11-23-20-5-3-2-4-18(20)12-26-28-23/h2-6,9-10,12,15,17,19,27H,7-8,11,13-14H2,1H3. The number of fused-ring (bicyclic) bond motifs is 1. The molecule has 0 bridgehead atoms. The molecule has 1 aromatic heterocycles. The number of nitrogens with one attached hydrogen (secondary N) is 1. The van der Waals surface area contributed by atoms with Gasteiger partial charge in [-0.15, -0.1) is 0 Å². The highest BCUT2D eigenvalue weighted by atomic mass is 19.1. The molecule has 0 radical (unpaired) electrons. The number of carbonyl (C=O) groups excluding carboxylic acids is 1. The first-order chi connectivity index (χ1) is 14.6. The number of nitrogens with zero attached hydrogens (tertiary/aromatic N) is 3. The van der Waals surface area contributed by atoms with Crippen molar-refractivity contribution in [3.8, 4) is 0 Å². The number of halogens is 1. The van der Waals surface area contributed by atoms with Crippen LogP contribution < -0.4 is 5.32 Å². The van der Waals surface area contributed by atoms with Crippen LogP contribution in [0.4, 0.5) is 4.39 Å². The van der Waals surface area contributed by atoms with E-state index in [1.807, 2.05) is 24.3 Å². The van der Waals surface area contributed by atoms with E-state index in [9.17, 15) is 9.18 Å². The summed E-state index contributed by atoms with van der Waals surface area (Å²) in [5.74, 6) is 0.0621. The van der Waals surface area contributed by atoms with Crippen LogP contribution in [-0.4, -0.2) is 46.2 Å². The Morgan fingerprint density at radius 2 is 2.03 bits per heavy atom. The molecule has 1 atom stereocenters. The maximum Gasteiger partial charge on any atom is 0.256 e. The Bertz CT molecular complexity index is 1090. The Balaban J connectivity index is 1.29. The van der Waals surface area contributed by atoms with E-state index in [0.29, 0.717) is 31.6 Å². The Hall–Kier alpha value is -2.86. The van der Waals surface area contributed by atoms with E-state index in [0.717, 1.165) is 27.9 Å². The van der Waals surface area contributed by atoms with Crippen molar-refractivity contribution in [3.05, 3.63) is 71.3 Å². The van der Waals surface area contributed by atoms with Gasteiger partial charge in [-0.3, -0.25) is 4.79 Å². The summed E-state index contributed by atoms with van der Waals surface area (Å²) in [6.07, 6.45) is 4.82. The van der Waals surface area contributed by atoms with Crippen molar-refractivity contribution in [2.75, 3.05) is 13.1 Å². The average Bonchev–Trinajstić information content (AvgIpc) is 3.57. The summed E-state index contributed by atoms with van der Waals surface area (Å²) in [4.78, 5) is 14.6. The molecule has 1 aliphatic heterocycles. The van der Waals surface area contributed by atoms with Gasteiger partial charge < -0.3 is 10.2 Å². The number of rotatable bonds is 6. The van der Waals surface area contributed by atoms with E-state index >= 15 is 0 Å². The fourth-order valence-electron chi connectivity index (χ4n) is 4.28. The average molecular weight is 404 g/mol. The van der Waals surface area contributed by atoms with Crippen LogP contribution in [0.3, 0.4) is 0 Å². The van der Waals surface area contributed by atoms with E-state index in [1.165, 1.54) is 18.9 Å². The van der Waals surface area contributed by atoms with Crippen molar-refractivity contribution in [1.29, 1.82) is 0 Å². The molecule has 3 aromatic rings. The number of hydrogen-bond acceptors (Lipinski definition) is 4. The second-order valence-electron chi connectivity index (χ2n) is 8.57. The zero-order valence-electron chi connectivity index (χ0n) is 17.0. The van der Waals surface area contributed by atoms with E-state index in [2.05, 4.69) is 22.4 Å². The van der Waals surface area contributed by atoms with Gasteiger partial charge in [0.25, 0.3) is 5.91 Å². The summed E-state index contributed by atoms with van der Waals surface area (Å²) in [5.41, 5.74) is 1.80. The van der Waals surface area contributed by atoms with E-state index < -0.39 is 5.82 Å². The van der Waals surface area contributed by atoms with Gasteiger partial charge in [0.1, 0.15) is 5.82 Å². The number of benzene rings is 2. The molecule has 6 heteroatoms. The van der Waals surface area contributed by atoms with Gasteiger partial charge in [0.15, 0.2) is 0 Å². The Kier molecular flexibility index (Phi) is 4.95. The summed E-state index contributed by atoms with van der Waals surface area (Å²) in [6, 6.07) is 13.5. The minimum absolute atomic E-state index is 0.134. The number of carbonyl (C=O) groups is 1. The molecule has 5 rings (SSSR count). The van der Waals surface area contributed by atoms with Crippen LogP contribution in [0.2, 0.25) is 0 Å². The van der Waals surface area contributed by atoms with Crippen molar-refractivity contribution in [2.24, 2.45) is 5.92 Å². The van der Waals surface area contributed by atoms with Crippen molar-refractivity contribution in [1.82, 2.24) is 20.4 Å². The normalized spacial score (nSPS) is 17.7. The Labute approximate surface area is 175 Å². The SMILES string of the molecule is CC(NC1CN(C(=O)c2cc(Cc3nncc4ccccc34)ccc2F)C1)C1CC1. The third-order valence-corrected chi connectivity index (χ3v) is 6.28. The first-order valence-electron chi connectivity index (χ1n) is 10.6. The van der Waals surface area contributed by atoms with Gasteiger partial charge in [-0.25, -0.2) is 4.39 Å². The minimum atomic E-state index is -0.476. The summed E-state index contributed by atoms with van der Waals surface area (Å²) in [6.45, 7) is 3.48. The van der Waals surface area contributed by atoms with E-state index in [4.69, 9.17) is 0 Å². The lowest BCUT2D eigenvalue weighted by atomic mass is 10.0. The molecule has 5 nitrogen and oxygen atoms in total. The highest BCUT2D eigenvalue weighted by Crippen LogP contribution is 2.33. The van der Waals surface area contributed by atoms with Gasteiger partial charge in [-0.2, -0.15) is 10.2 Å². The molecule has 154 valence electrons. The zero-order valence-corrected chi connectivity index (χ0v) is 17.0. The smallest absolute Gasteiger partial charge is 0.256 e. The maximum absolute atomic E-state index is 14.5. The predicted octanol–water partition coefficient (Wildman–Crippen LogP) is 3.57. The summed E-state index contributed by atoms with van der Waals surface area (Å²) in [5, 5.41) is 14.0. The quantitative estimate of drug-likeness (QED) is 0.682. The molecule has 2 aromatic carbocycles. The number of amides is 1. The zero-order chi connectivity index (χ0) is 20.7. The second-order valence-corrected chi connectivity index (χ2v) is 8.57. The predicted molar refractivity (Wildman–Crippen MR) is 114 cm³/mol. The van der Waals surface area contributed by atoms with Crippen molar-refractivity contribution >= 4 is 16.7 Å². The summed E-state index contributed by atoms with van der Waals surface area (Å²) >= 11 is 0. The van der Waals surface area contributed by atoms with Crippen LogP contribution in [-0.2, 0) is 6.42 Å². The lowest BCUT2D eigenvalue weighted by Gasteiger charge is -2.41. The number of aromatic nitrogens is 2. The minimum Gasteiger partial charge on any atom is -0.335 e. The topological polar surface area (TPSA) is 58.1 Å². The van der Waals surface area contributed by atoms with Gasteiger partial charge in [0.05, 0.1) is 17.5 Å². The number of likely N-dealkylation sites (tertiary alicyclic amines) is 1. The molecular weight excluding hydrogens is 379 g/mol. The molecule has 1 aliphatic carbocycles. The van der Waals surface area contributed by atoms with Gasteiger partial charge in [0, 0.05) is 42.4 Å². The van der Waals surface area contributed by atoms with Crippen molar-refractivity contribution in [3.63, 3.8) is 0 Å². The first kappa shape index (κ1) is 19.1. The van der Waals surface area contributed by atoms with Gasteiger partial charge in [0.2, 0.25) is 0 Å². The molecule has 1 N–H and O–H groups in total. The molecule has 1 amide bonds. The second kappa shape index (κ2) is 7.76. The van der Waals surface area contributed by atoms with Crippen LogP contribution in [0.15, 0.2) is 48.7 Å². The summed E-state index contributed by atoms with van der Waals surface area (Å²) < 4.78 is 14.5. The maximum atomic E-state index is 14.5. The Morgan fingerprint density at radius 3 is 2.83 bits per heavy atom. The van der Waals surface area contributed by atoms with Crippen molar-refractivity contribution in [2.45, 2.75) is 38.3 Å². The highest BCUT2D eigenvalue weighted by Gasteiger charge is 2.36. The molecule has 2 fully saturated rings. The number of hydrogen-bond donors (Lipinski definition) is 1. The molecule has 0 spiro atoms. The first-order valence-corrected chi connectivity index (χ1v) is 10.6. The Morgan fingerprint density at radius 1 is 1.23 bits per heavy atom. The van der Waals surface area contributed by atoms with Crippen LogP contribution in [0.1, 0.15) is 41.4 Å². The lowest BCUT2D eigenvalue weighted by Crippen LogP contribution is -2.61. The fraction of sp³-hybridized carbons (Fsp3) is 0.375. The molecule has 2 aliphatic rings.